The van der Waals surface area contributed by atoms with Crippen molar-refractivity contribution in [2.75, 3.05) is 0 Å². The van der Waals surface area contributed by atoms with E-state index < -0.39 is 0 Å². The summed E-state index contributed by atoms with van der Waals surface area (Å²) in [7, 11) is 0. The third-order valence-corrected chi connectivity index (χ3v) is 2.68. The molecular formula is C19H14CrO5. The van der Waals surface area contributed by atoms with Gasteiger partial charge in [-0.3, -0.25) is 0 Å². The molecule has 2 N–H and O–H groups in total. The summed E-state index contributed by atoms with van der Waals surface area (Å²) in [5.74, 6) is 6.07. The Kier molecular flexibility index (Phi) is 21.7. The van der Waals surface area contributed by atoms with Gasteiger partial charge in [0.15, 0.2) is 0 Å². The standard InChI is InChI=1S/C16H14O2.3CO.Cr/c17-11-14-7-4-8-15(12-18)16(14)10-9-13-5-2-1-3-6-13;3*1-2;/h1-8,17-18H,11-12H2;;;;. The number of benzene rings is 2. The maximum atomic E-state index is 9.29. The van der Waals surface area contributed by atoms with Gasteiger partial charge in [0.05, 0.1) is 13.2 Å². The van der Waals surface area contributed by atoms with E-state index in [0.717, 1.165) is 16.7 Å². The molecule has 0 fully saturated rings. The maximum absolute atomic E-state index is 9.29. The summed E-state index contributed by atoms with van der Waals surface area (Å²) in [5.41, 5.74) is 3.11. The van der Waals surface area contributed by atoms with Crippen molar-refractivity contribution >= 4 is 0 Å². The molecule has 2 aromatic rings. The van der Waals surface area contributed by atoms with E-state index in [0.29, 0.717) is 5.56 Å². The molecule has 126 valence electrons. The molecule has 0 aliphatic carbocycles. The number of hydrogen-bond acceptors (Lipinski definition) is 2. The van der Waals surface area contributed by atoms with Crippen LogP contribution >= 0.6 is 0 Å². The van der Waals surface area contributed by atoms with E-state index in [-0.39, 0.29) is 30.6 Å². The minimum absolute atomic E-state index is 0. The predicted molar refractivity (Wildman–Crippen MR) is 82.5 cm³/mol. The summed E-state index contributed by atoms with van der Waals surface area (Å²) in [5, 5.41) is 18.6. The molecule has 0 aliphatic rings. The van der Waals surface area contributed by atoms with Crippen molar-refractivity contribution in [2.45, 2.75) is 13.2 Å². The van der Waals surface area contributed by atoms with Crippen LogP contribution in [0.1, 0.15) is 22.3 Å². The molecule has 0 radical (unpaired) electrons. The Morgan fingerprint density at radius 2 is 1.12 bits per heavy atom. The Morgan fingerprint density at radius 1 is 0.680 bits per heavy atom. The van der Waals surface area contributed by atoms with Gasteiger partial charge in [0.1, 0.15) is 0 Å². The molecule has 0 spiro atoms. The molecule has 2 rings (SSSR count). The van der Waals surface area contributed by atoms with E-state index >= 15 is 0 Å². The van der Waals surface area contributed by atoms with Crippen molar-refractivity contribution in [1.29, 1.82) is 0 Å². The predicted octanol–water partition coefficient (Wildman–Crippen LogP) is 1.96. The van der Waals surface area contributed by atoms with Gasteiger partial charge in [-0.15, -0.1) is 0 Å². The van der Waals surface area contributed by atoms with Crippen molar-refractivity contribution in [3.05, 3.63) is 90.7 Å². The Hall–Kier alpha value is -2.33. The Bertz CT molecular complexity index is 673. The van der Waals surface area contributed by atoms with Gasteiger partial charge >= 0.3 is 33.9 Å². The van der Waals surface area contributed by atoms with Gasteiger partial charge < -0.3 is 10.2 Å². The largest absolute Gasteiger partial charge is 0 e. The van der Waals surface area contributed by atoms with E-state index in [1.54, 1.807) is 0 Å². The van der Waals surface area contributed by atoms with E-state index in [9.17, 15) is 10.2 Å². The smallest absolute Gasteiger partial charge is 0 e. The van der Waals surface area contributed by atoms with Crippen LogP contribution in [0.5, 0.6) is 0 Å². The van der Waals surface area contributed by atoms with Crippen LogP contribution in [0.25, 0.3) is 0 Å². The summed E-state index contributed by atoms with van der Waals surface area (Å²) < 4.78 is 22.5. The maximum Gasteiger partial charge on any atom is 0 e. The van der Waals surface area contributed by atoms with Gasteiger partial charge in [-0.05, 0) is 23.3 Å². The van der Waals surface area contributed by atoms with Crippen LogP contribution in [-0.2, 0) is 44.5 Å². The minimum Gasteiger partial charge on any atom is 0 e. The van der Waals surface area contributed by atoms with E-state index in [1.165, 1.54) is 0 Å². The summed E-state index contributed by atoms with van der Waals surface area (Å²) in [6, 6.07) is 15.1. The normalized spacial score (nSPS) is 7.20. The molecule has 25 heavy (non-hydrogen) atoms. The van der Waals surface area contributed by atoms with Gasteiger partial charge in [0.25, 0.3) is 0 Å². The molecule has 6 heteroatoms. The van der Waals surface area contributed by atoms with E-state index in [2.05, 4.69) is 31.8 Å². The molecule has 0 saturated carbocycles. The first kappa shape index (κ1) is 27.5. The molecule has 5 nitrogen and oxygen atoms in total. The molecule has 0 saturated heterocycles. The second kappa shape index (κ2) is 19.7. The monoisotopic (exact) mass is 374 g/mol. The molecule has 0 atom stereocenters. The Morgan fingerprint density at radius 3 is 1.52 bits per heavy atom. The van der Waals surface area contributed by atoms with E-state index in [1.807, 2.05) is 48.5 Å². The molecule has 0 aromatic heterocycles. The van der Waals surface area contributed by atoms with Crippen molar-refractivity contribution in [2.24, 2.45) is 0 Å². The number of rotatable bonds is 2. The number of hydrogen-bond donors (Lipinski definition) is 2. The molecule has 0 amide bonds. The summed E-state index contributed by atoms with van der Waals surface area (Å²) in [6.07, 6.45) is 0. The molecule has 0 aliphatic heterocycles. The zero-order chi connectivity index (χ0) is 18.8. The van der Waals surface area contributed by atoms with Crippen LogP contribution in [-0.4, -0.2) is 10.2 Å². The fourth-order valence-corrected chi connectivity index (χ4v) is 1.73. The number of aliphatic hydroxyl groups excluding tert-OH is 2. The fourth-order valence-electron chi connectivity index (χ4n) is 1.73. The zero-order valence-corrected chi connectivity index (χ0v) is 14.3. The molecule has 0 heterocycles. The van der Waals surface area contributed by atoms with Crippen LogP contribution in [0.3, 0.4) is 0 Å². The zero-order valence-electron chi connectivity index (χ0n) is 13.1. The number of aliphatic hydroxyl groups is 2. The van der Waals surface area contributed by atoms with Crippen LogP contribution in [0, 0.1) is 31.8 Å². The third kappa shape index (κ3) is 10.2. The third-order valence-electron chi connectivity index (χ3n) is 2.68. The Balaban J connectivity index is -0.000000626. The summed E-state index contributed by atoms with van der Waals surface area (Å²) >= 11 is 0. The van der Waals surface area contributed by atoms with Gasteiger partial charge in [-0.1, -0.05) is 48.2 Å². The van der Waals surface area contributed by atoms with Crippen LogP contribution in [0.4, 0.5) is 0 Å². The fraction of sp³-hybridized carbons (Fsp3) is 0.105. The van der Waals surface area contributed by atoms with Crippen LogP contribution in [0.2, 0.25) is 0 Å². The van der Waals surface area contributed by atoms with Crippen LogP contribution in [0.15, 0.2) is 48.5 Å². The van der Waals surface area contributed by atoms with Crippen molar-refractivity contribution in [1.82, 2.24) is 0 Å². The quantitative estimate of drug-likeness (QED) is 0.477. The van der Waals surface area contributed by atoms with Crippen LogP contribution < -0.4 is 0 Å². The minimum atomic E-state index is -0.0767. The Labute approximate surface area is 157 Å². The van der Waals surface area contributed by atoms with Gasteiger partial charge in [0, 0.05) is 28.5 Å². The molecule has 0 unspecified atom stereocenters. The molecule has 2 aromatic carbocycles. The van der Waals surface area contributed by atoms with Crippen molar-refractivity contribution in [3.8, 4) is 11.8 Å². The topological polar surface area (TPSA) is 100 Å². The first-order chi connectivity index (χ1) is 11.8. The summed E-state index contributed by atoms with van der Waals surface area (Å²) in [6.45, 7) is 13.3. The second-order valence-electron chi connectivity index (χ2n) is 3.88. The van der Waals surface area contributed by atoms with Gasteiger partial charge in [-0.2, -0.15) is 0 Å². The van der Waals surface area contributed by atoms with Gasteiger partial charge in [-0.25, -0.2) is 0 Å². The first-order valence-electron chi connectivity index (χ1n) is 6.36. The molecular weight excluding hydrogens is 360 g/mol. The summed E-state index contributed by atoms with van der Waals surface area (Å²) in [4.78, 5) is 0. The SMILES string of the molecule is OCc1cccc(CO)c1C#Cc1ccccc1.[C-]#[O+].[C-]#[O+].[C-]#[O+].[Cr]. The first-order valence-corrected chi connectivity index (χ1v) is 6.36. The van der Waals surface area contributed by atoms with E-state index in [4.69, 9.17) is 14.0 Å². The average Bonchev–Trinajstić information content (AvgIpc) is 2.71. The van der Waals surface area contributed by atoms with Gasteiger partial charge in [0.2, 0.25) is 0 Å². The van der Waals surface area contributed by atoms with Crippen molar-refractivity contribution in [3.63, 3.8) is 0 Å². The average molecular weight is 374 g/mol. The second-order valence-corrected chi connectivity index (χ2v) is 3.88. The molecule has 0 bridgehead atoms. The van der Waals surface area contributed by atoms with Crippen molar-refractivity contribution < 1.29 is 41.5 Å².